The normalized spacial score (nSPS) is 10.5. The van der Waals surface area contributed by atoms with Gasteiger partial charge in [-0.1, -0.05) is 18.6 Å². The molecule has 0 spiro atoms. The number of aliphatic hydroxyl groups is 2. The van der Waals surface area contributed by atoms with Gasteiger partial charge in [-0.3, -0.25) is 0 Å². The molecule has 1 aromatic carbocycles. The highest BCUT2D eigenvalue weighted by Gasteiger charge is 2.10. The van der Waals surface area contributed by atoms with Gasteiger partial charge in [0.1, 0.15) is 0 Å². The molecule has 0 aliphatic heterocycles. The van der Waals surface area contributed by atoms with Gasteiger partial charge in [-0.15, -0.1) is 0 Å². The largest absolute Gasteiger partial charge is 0.490 e. The Kier molecular flexibility index (Phi) is 8.02. The second kappa shape index (κ2) is 9.64. The van der Waals surface area contributed by atoms with Gasteiger partial charge >= 0.3 is 0 Å². The Morgan fingerprint density at radius 3 is 2.47 bits per heavy atom. The van der Waals surface area contributed by atoms with Crippen molar-refractivity contribution < 1.29 is 19.7 Å². The molecule has 0 radical (unpaired) electrons. The standard InChI is InChI=1S/C15H24O4/c1-2-18-14-9-7-8-13(12-17)15(14)19-11-6-4-3-5-10-16/h7-9,16-17H,2-6,10-12H2,1H3. The van der Waals surface area contributed by atoms with Gasteiger partial charge in [0.05, 0.1) is 19.8 Å². The fraction of sp³-hybridized carbons (Fsp3) is 0.600. The SMILES string of the molecule is CCOc1cccc(CO)c1OCCCCCCO. The summed E-state index contributed by atoms with van der Waals surface area (Å²) in [5.74, 6) is 1.33. The first kappa shape index (κ1) is 15.8. The van der Waals surface area contributed by atoms with Crippen LogP contribution in [0.25, 0.3) is 0 Å². The van der Waals surface area contributed by atoms with E-state index in [-0.39, 0.29) is 13.2 Å². The minimum atomic E-state index is -0.0548. The molecule has 0 heterocycles. The van der Waals surface area contributed by atoms with Crippen molar-refractivity contribution in [3.8, 4) is 11.5 Å². The van der Waals surface area contributed by atoms with E-state index in [1.54, 1.807) is 0 Å². The van der Waals surface area contributed by atoms with E-state index in [1.807, 2.05) is 25.1 Å². The first-order chi connectivity index (χ1) is 9.33. The Bertz CT molecular complexity index is 352. The van der Waals surface area contributed by atoms with Gasteiger partial charge in [0.15, 0.2) is 11.5 Å². The monoisotopic (exact) mass is 268 g/mol. The lowest BCUT2D eigenvalue weighted by atomic mass is 10.2. The number of benzene rings is 1. The maximum absolute atomic E-state index is 9.32. The summed E-state index contributed by atoms with van der Waals surface area (Å²) in [5, 5.41) is 18.0. The molecule has 0 saturated heterocycles. The van der Waals surface area contributed by atoms with E-state index in [0.29, 0.717) is 24.7 Å². The first-order valence-electron chi connectivity index (χ1n) is 6.92. The van der Waals surface area contributed by atoms with E-state index in [9.17, 15) is 5.11 Å². The number of hydrogen-bond acceptors (Lipinski definition) is 4. The fourth-order valence-corrected chi connectivity index (χ4v) is 1.86. The van der Waals surface area contributed by atoms with E-state index < -0.39 is 0 Å². The van der Waals surface area contributed by atoms with Crippen LogP contribution in [-0.2, 0) is 6.61 Å². The van der Waals surface area contributed by atoms with Crippen LogP contribution in [-0.4, -0.2) is 30.0 Å². The number of unbranched alkanes of at least 4 members (excludes halogenated alkanes) is 3. The van der Waals surface area contributed by atoms with Crippen LogP contribution in [0.1, 0.15) is 38.2 Å². The van der Waals surface area contributed by atoms with Crippen molar-refractivity contribution in [1.29, 1.82) is 0 Å². The van der Waals surface area contributed by atoms with Crippen LogP contribution in [0.15, 0.2) is 18.2 Å². The molecule has 0 amide bonds. The van der Waals surface area contributed by atoms with Gasteiger partial charge in [-0.25, -0.2) is 0 Å². The number of aliphatic hydroxyl groups excluding tert-OH is 2. The molecule has 1 rings (SSSR count). The first-order valence-corrected chi connectivity index (χ1v) is 6.92. The second-order valence-electron chi connectivity index (χ2n) is 4.32. The molecule has 0 fully saturated rings. The molecule has 0 aliphatic carbocycles. The lowest BCUT2D eigenvalue weighted by Crippen LogP contribution is -2.04. The van der Waals surface area contributed by atoms with Gasteiger partial charge in [-0.05, 0) is 32.3 Å². The number of ether oxygens (including phenoxy) is 2. The quantitative estimate of drug-likeness (QED) is 0.640. The highest BCUT2D eigenvalue weighted by Crippen LogP contribution is 2.31. The molecule has 0 saturated carbocycles. The highest BCUT2D eigenvalue weighted by atomic mass is 16.5. The molecular formula is C15H24O4. The van der Waals surface area contributed by atoms with Crippen molar-refractivity contribution in [2.45, 2.75) is 39.2 Å². The highest BCUT2D eigenvalue weighted by molar-refractivity contribution is 5.46. The van der Waals surface area contributed by atoms with E-state index >= 15 is 0 Å². The molecule has 0 aromatic heterocycles. The van der Waals surface area contributed by atoms with Crippen molar-refractivity contribution in [2.24, 2.45) is 0 Å². The molecule has 19 heavy (non-hydrogen) atoms. The fourth-order valence-electron chi connectivity index (χ4n) is 1.86. The van der Waals surface area contributed by atoms with Gasteiger partial charge in [-0.2, -0.15) is 0 Å². The van der Waals surface area contributed by atoms with Crippen LogP contribution in [0.5, 0.6) is 11.5 Å². The number of para-hydroxylation sites is 1. The van der Waals surface area contributed by atoms with Crippen molar-refractivity contribution in [2.75, 3.05) is 19.8 Å². The molecular weight excluding hydrogens is 244 g/mol. The maximum Gasteiger partial charge on any atom is 0.166 e. The number of rotatable bonds is 10. The molecule has 1 aromatic rings. The van der Waals surface area contributed by atoms with Crippen LogP contribution in [0.2, 0.25) is 0 Å². The van der Waals surface area contributed by atoms with Crippen LogP contribution in [0.4, 0.5) is 0 Å². The smallest absolute Gasteiger partial charge is 0.166 e. The minimum absolute atomic E-state index is 0.0548. The van der Waals surface area contributed by atoms with E-state index in [0.717, 1.165) is 31.2 Å². The summed E-state index contributed by atoms with van der Waals surface area (Å²) in [5.41, 5.74) is 0.751. The molecule has 0 atom stereocenters. The summed E-state index contributed by atoms with van der Waals surface area (Å²) in [7, 11) is 0. The van der Waals surface area contributed by atoms with Crippen molar-refractivity contribution in [1.82, 2.24) is 0 Å². The van der Waals surface area contributed by atoms with E-state index in [1.165, 1.54) is 0 Å². The zero-order valence-electron chi connectivity index (χ0n) is 11.6. The number of hydrogen-bond donors (Lipinski definition) is 2. The summed E-state index contributed by atoms with van der Waals surface area (Å²) in [6.45, 7) is 3.29. The third-order valence-corrected chi connectivity index (χ3v) is 2.83. The maximum atomic E-state index is 9.32. The van der Waals surface area contributed by atoms with Gasteiger partial charge in [0.25, 0.3) is 0 Å². The molecule has 0 aliphatic rings. The van der Waals surface area contributed by atoms with E-state index in [2.05, 4.69) is 0 Å². The Morgan fingerprint density at radius 2 is 1.79 bits per heavy atom. The van der Waals surface area contributed by atoms with Crippen molar-refractivity contribution in [3.63, 3.8) is 0 Å². The topological polar surface area (TPSA) is 58.9 Å². The lowest BCUT2D eigenvalue weighted by Gasteiger charge is -2.14. The summed E-state index contributed by atoms with van der Waals surface area (Å²) in [6, 6.07) is 5.54. The third kappa shape index (κ3) is 5.49. The molecule has 4 nitrogen and oxygen atoms in total. The Morgan fingerprint density at radius 1 is 1.00 bits per heavy atom. The van der Waals surface area contributed by atoms with Gasteiger partial charge < -0.3 is 19.7 Å². The zero-order valence-corrected chi connectivity index (χ0v) is 11.6. The van der Waals surface area contributed by atoms with E-state index in [4.69, 9.17) is 14.6 Å². The Labute approximate surface area is 115 Å². The van der Waals surface area contributed by atoms with Crippen molar-refractivity contribution in [3.05, 3.63) is 23.8 Å². The summed E-state index contributed by atoms with van der Waals surface area (Å²) < 4.78 is 11.3. The van der Waals surface area contributed by atoms with Crippen LogP contribution in [0, 0.1) is 0 Å². The van der Waals surface area contributed by atoms with Gasteiger partial charge in [0, 0.05) is 12.2 Å². The van der Waals surface area contributed by atoms with Crippen LogP contribution in [0.3, 0.4) is 0 Å². The zero-order chi connectivity index (χ0) is 13.9. The molecule has 0 bridgehead atoms. The summed E-state index contributed by atoms with van der Waals surface area (Å²) in [4.78, 5) is 0. The Hall–Kier alpha value is -1.26. The van der Waals surface area contributed by atoms with Gasteiger partial charge in [0.2, 0.25) is 0 Å². The van der Waals surface area contributed by atoms with Crippen LogP contribution >= 0.6 is 0 Å². The van der Waals surface area contributed by atoms with Crippen LogP contribution < -0.4 is 9.47 Å². The Balaban J connectivity index is 2.50. The molecule has 4 heteroatoms. The predicted octanol–water partition coefficient (Wildman–Crippen LogP) is 2.51. The van der Waals surface area contributed by atoms with Crippen molar-refractivity contribution >= 4 is 0 Å². The molecule has 0 unspecified atom stereocenters. The predicted molar refractivity (Wildman–Crippen MR) is 74.6 cm³/mol. The summed E-state index contributed by atoms with van der Waals surface area (Å²) in [6.07, 6.45) is 3.83. The average Bonchev–Trinajstić information content (AvgIpc) is 2.44. The third-order valence-electron chi connectivity index (χ3n) is 2.83. The molecule has 108 valence electrons. The average molecular weight is 268 g/mol. The molecule has 2 N–H and O–H groups in total. The minimum Gasteiger partial charge on any atom is -0.490 e. The summed E-state index contributed by atoms with van der Waals surface area (Å²) >= 11 is 0. The lowest BCUT2D eigenvalue weighted by molar-refractivity contribution is 0.242. The second-order valence-corrected chi connectivity index (χ2v) is 4.32.